The molecule has 0 radical (unpaired) electrons. The monoisotopic (exact) mass is 325 g/mol. The third-order valence-electron chi connectivity index (χ3n) is 3.35. The van der Waals surface area contributed by atoms with Crippen LogP contribution in [0.25, 0.3) is 0 Å². The van der Waals surface area contributed by atoms with Gasteiger partial charge in [-0.1, -0.05) is 28.1 Å². The van der Waals surface area contributed by atoms with Crippen molar-refractivity contribution in [2.75, 3.05) is 26.7 Å². The first-order valence-electron chi connectivity index (χ1n) is 6.74. The van der Waals surface area contributed by atoms with E-state index in [0.29, 0.717) is 6.54 Å². The number of likely N-dealkylation sites (N-methyl/N-ethyl adjacent to an activating group) is 1. The van der Waals surface area contributed by atoms with Crippen molar-refractivity contribution < 1.29 is 9.53 Å². The number of hydrogen-bond acceptors (Lipinski definition) is 3. The fourth-order valence-corrected chi connectivity index (χ4v) is 2.76. The molecule has 0 amide bonds. The molecule has 1 atom stereocenters. The molecule has 4 heteroatoms. The Bertz CT molecular complexity index is 430. The molecule has 1 fully saturated rings. The van der Waals surface area contributed by atoms with Crippen molar-refractivity contribution in [2.24, 2.45) is 0 Å². The zero-order valence-corrected chi connectivity index (χ0v) is 12.9. The lowest BCUT2D eigenvalue weighted by atomic mass is 10.1. The Labute approximate surface area is 123 Å². The van der Waals surface area contributed by atoms with Gasteiger partial charge in [-0.15, -0.1) is 0 Å². The zero-order chi connectivity index (χ0) is 13.7. The molecule has 0 saturated carbocycles. The van der Waals surface area contributed by atoms with Crippen LogP contribution in [0.2, 0.25) is 0 Å². The van der Waals surface area contributed by atoms with Crippen LogP contribution in [-0.2, 0) is 4.74 Å². The Morgan fingerprint density at radius 2 is 2.32 bits per heavy atom. The molecule has 0 aliphatic carbocycles. The first kappa shape index (κ1) is 14.7. The molecule has 1 heterocycles. The molecule has 1 saturated heterocycles. The second-order valence-electron chi connectivity index (χ2n) is 5.12. The zero-order valence-electron chi connectivity index (χ0n) is 11.3. The second kappa shape index (κ2) is 7.17. The van der Waals surface area contributed by atoms with E-state index in [4.69, 9.17) is 4.74 Å². The Morgan fingerprint density at radius 1 is 1.47 bits per heavy atom. The molecule has 0 aromatic heterocycles. The highest BCUT2D eigenvalue weighted by molar-refractivity contribution is 9.10. The van der Waals surface area contributed by atoms with Crippen molar-refractivity contribution in [3.63, 3.8) is 0 Å². The summed E-state index contributed by atoms with van der Waals surface area (Å²) >= 11 is 3.39. The van der Waals surface area contributed by atoms with Crippen LogP contribution in [0, 0.1) is 0 Å². The Morgan fingerprint density at radius 3 is 3.00 bits per heavy atom. The molecular weight excluding hydrogens is 306 g/mol. The summed E-state index contributed by atoms with van der Waals surface area (Å²) in [5.74, 6) is 0.152. The van der Waals surface area contributed by atoms with Gasteiger partial charge in [-0.25, -0.2) is 0 Å². The van der Waals surface area contributed by atoms with Gasteiger partial charge in [-0.3, -0.25) is 9.69 Å². The molecule has 2 rings (SSSR count). The van der Waals surface area contributed by atoms with Crippen molar-refractivity contribution in [3.05, 3.63) is 34.3 Å². The van der Waals surface area contributed by atoms with E-state index in [0.717, 1.165) is 36.0 Å². The summed E-state index contributed by atoms with van der Waals surface area (Å²) in [6, 6.07) is 7.54. The largest absolute Gasteiger partial charge is 0.377 e. The minimum atomic E-state index is 0.152. The Kier molecular flexibility index (Phi) is 5.55. The predicted octanol–water partition coefficient (Wildman–Crippen LogP) is 3.13. The second-order valence-corrected chi connectivity index (χ2v) is 6.03. The van der Waals surface area contributed by atoms with Crippen LogP contribution in [0.15, 0.2) is 28.7 Å². The number of ether oxygens (including phenoxy) is 1. The minimum absolute atomic E-state index is 0.152. The summed E-state index contributed by atoms with van der Waals surface area (Å²) in [5, 5.41) is 0. The lowest BCUT2D eigenvalue weighted by Gasteiger charge is -2.27. The first-order valence-corrected chi connectivity index (χ1v) is 7.53. The van der Waals surface area contributed by atoms with Crippen LogP contribution in [-0.4, -0.2) is 43.5 Å². The van der Waals surface area contributed by atoms with Crippen molar-refractivity contribution in [3.8, 4) is 0 Å². The molecule has 1 unspecified atom stereocenters. The molecule has 1 aromatic rings. The number of carbonyl (C=O) groups excluding carboxylic acids is 1. The van der Waals surface area contributed by atoms with Gasteiger partial charge in [0.2, 0.25) is 0 Å². The van der Waals surface area contributed by atoms with Crippen LogP contribution in [0.3, 0.4) is 0 Å². The normalized spacial score (nSPS) is 19.6. The Hall–Kier alpha value is -0.710. The maximum atomic E-state index is 12.1. The van der Waals surface area contributed by atoms with Crippen LogP contribution < -0.4 is 0 Å². The highest BCUT2D eigenvalue weighted by atomic mass is 79.9. The summed E-state index contributed by atoms with van der Waals surface area (Å²) in [6.45, 7) is 2.13. The fourth-order valence-electron chi connectivity index (χ4n) is 2.36. The van der Waals surface area contributed by atoms with Gasteiger partial charge in [-0.2, -0.15) is 0 Å². The quantitative estimate of drug-likeness (QED) is 0.779. The molecular formula is C15H20BrNO2. The van der Waals surface area contributed by atoms with Crippen LogP contribution in [0.4, 0.5) is 0 Å². The number of benzene rings is 1. The summed E-state index contributed by atoms with van der Waals surface area (Å²) in [4.78, 5) is 14.2. The molecule has 3 nitrogen and oxygen atoms in total. The van der Waals surface area contributed by atoms with Crippen molar-refractivity contribution >= 4 is 21.7 Å². The lowest BCUT2D eigenvalue weighted by Crippen LogP contribution is -2.36. The SMILES string of the molecule is CN(CC(=O)c1cccc(Br)c1)CC1CCCCO1. The molecule has 1 aliphatic rings. The van der Waals surface area contributed by atoms with Gasteiger partial charge >= 0.3 is 0 Å². The number of hydrogen-bond donors (Lipinski definition) is 0. The van der Waals surface area contributed by atoms with Gasteiger partial charge in [0, 0.05) is 23.2 Å². The van der Waals surface area contributed by atoms with E-state index < -0.39 is 0 Å². The van der Waals surface area contributed by atoms with Gasteiger partial charge < -0.3 is 4.74 Å². The average molecular weight is 326 g/mol. The van der Waals surface area contributed by atoms with Crippen LogP contribution in [0.1, 0.15) is 29.6 Å². The maximum absolute atomic E-state index is 12.1. The standard InChI is InChI=1S/C15H20BrNO2/c1-17(10-14-7-2-3-8-19-14)11-15(18)12-5-4-6-13(16)9-12/h4-6,9,14H,2-3,7-8,10-11H2,1H3. The summed E-state index contributed by atoms with van der Waals surface area (Å²) < 4.78 is 6.64. The van der Waals surface area contributed by atoms with E-state index in [-0.39, 0.29) is 11.9 Å². The molecule has 1 aromatic carbocycles. The molecule has 1 aliphatic heterocycles. The van der Waals surface area contributed by atoms with Crippen molar-refractivity contribution in [1.29, 1.82) is 0 Å². The highest BCUT2D eigenvalue weighted by Crippen LogP contribution is 2.15. The molecule has 0 N–H and O–H groups in total. The average Bonchev–Trinajstić information content (AvgIpc) is 2.39. The number of Topliss-reactive ketones (excluding diaryl/α,β-unsaturated/α-hetero) is 1. The van der Waals surface area contributed by atoms with Gasteiger partial charge in [0.15, 0.2) is 5.78 Å². The van der Waals surface area contributed by atoms with E-state index in [1.54, 1.807) is 0 Å². The molecule has 19 heavy (non-hydrogen) atoms. The van der Waals surface area contributed by atoms with E-state index in [1.165, 1.54) is 6.42 Å². The third kappa shape index (κ3) is 4.71. The van der Waals surface area contributed by atoms with Crippen LogP contribution >= 0.6 is 15.9 Å². The van der Waals surface area contributed by atoms with Gasteiger partial charge in [0.1, 0.15) is 0 Å². The number of ketones is 1. The number of carbonyl (C=O) groups is 1. The fraction of sp³-hybridized carbons (Fsp3) is 0.533. The third-order valence-corrected chi connectivity index (χ3v) is 3.84. The summed E-state index contributed by atoms with van der Waals surface area (Å²) in [7, 11) is 1.98. The Balaban J connectivity index is 1.84. The van der Waals surface area contributed by atoms with E-state index >= 15 is 0 Å². The highest BCUT2D eigenvalue weighted by Gasteiger charge is 2.17. The van der Waals surface area contributed by atoms with Crippen molar-refractivity contribution in [2.45, 2.75) is 25.4 Å². The maximum Gasteiger partial charge on any atom is 0.176 e. The smallest absolute Gasteiger partial charge is 0.176 e. The van der Waals surface area contributed by atoms with E-state index in [2.05, 4.69) is 20.8 Å². The lowest BCUT2D eigenvalue weighted by molar-refractivity contribution is -0.000669. The van der Waals surface area contributed by atoms with Gasteiger partial charge in [-0.05, 0) is 38.4 Å². The van der Waals surface area contributed by atoms with Crippen LogP contribution in [0.5, 0.6) is 0 Å². The van der Waals surface area contributed by atoms with Gasteiger partial charge in [0.05, 0.1) is 12.6 Å². The summed E-state index contributed by atoms with van der Waals surface area (Å²) in [6.07, 6.45) is 3.79. The molecule has 0 spiro atoms. The minimum Gasteiger partial charge on any atom is -0.377 e. The predicted molar refractivity (Wildman–Crippen MR) is 79.6 cm³/mol. The topological polar surface area (TPSA) is 29.5 Å². The molecule has 0 bridgehead atoms. The number of halogens is 1. The number of nitrogens with zero attached hydrogens (tertiary/aromatic N) is 1. The van der Waals surface area contributed by atoms with E-state index in [9.17, 15) is 4.79 Å². The number of rotatable bonds is 5. The molecule has 104 valence electrons. The van der Waals surface area contributed by atoms with Gasteiger partial charge in [0.25, 0.3) is 0 Å². The first-order chi connectivity index (χ1) is 9.15. The summed E-state index contributed by atoms with van der Waals surface area (Å²) in [5.41, 5.74) is 0.755. The van der Waals surface area contributed by atoms with Crippen molar-refractivity contribution in [1.82, 2.24) is 4.90 Å². The van der Waals surface area contributed by atoms with E-state index in [1.807, 2.05) is 31.3 Å².